The van der Waals surface area contributed by atoms with Crippen LogP contribution in [0.5, 0.6) is 0 Å². The third kappa shape index (κ3) is 1.08. The van der Waals surface area contributed by atoms with Gasteiger partial charge in [-0.2, -0.15) is 0 Å². The topological polar surface area (TPSA) is 0 Å². The molecule has 0 aliphatic carbocycles. The summed E-state index contributed by atoms with van der Waals surface area (Å²) in [5.41, 5.74) is 0.682. The second-order valence-corrected chi connectivity index (χ2v) is 6.89. The maximum Gasteiger partial charge on any atom is 0.149 e. The van der Waals surface area contributed by atoms with Gasteiger partial charge in [-0.05, 0) is 11.3 Å². The molecule has 14 heavy (non-hydrogen) atoms. The molecule has 0 saturated carbocycles. The van der Waals surface area contributed by atoms with Gasteiger partial charge in [0, 0.05) is 0 Å². The van der Waals surface area contributed by atoms with Crippen molar-refractivity contribution in [3.8, 4) is 0 Å². The fourth-order valence-corrected chi connectivity index (χ4v) is 4.80. The van der Waals surface area contributed by atoms with Crippen LogP contribution in [0.3, 0.4) is 0 Å². The van der Waals surface area contributed by atoms with Gasteiger partial charge in [-0.1, -0.05) is 70.3 Å². The summed E-state index contributed by atoms with van der Waals surface area (Å²) in [6.07, 6.45) is 7.81. The van der Waals surface area contributed by atoms with E-state index in [4.69, 9.17) is 0 Å². The summed E-state index contributed by atoms with van der Waals surface area (Å²) in [4.78, 5) is 0. The molecule has 0 aromatic heterocycles. The van der Waals surface area contributed by atoms with Gasteiger partial charge in [0.25, 0.3) is 0 Å². The molecular formula is C13H23B. The number of hydrogen-bond acceptors (Lipinski definition) is 0. The van der Waals surface area contributed by atoms with E-state index in [1.165, 1.54) is 12.5 Å². The van der Waals surface area contributed by atoms with E-state index in [1.807, 2.05) is 0 Å². The van der Waals surface area contributed by atoms with Gasteiger partial charge in [-0.3, -0.25) is 0 Å². The van der Waals surface area contributed by atoms with Crippen LogP contribution in [0.25, 0.3) is 0 Å². The first-order chi connectivity index (χ1) is 6.60. The molecule has 3 saturated heterocycles. The zero-order valence-corrected chi connectivity index (χ0v) is 9.92. The minimum atomic E-state index is 0.682. The van der Waals surface area contributed by atoms with E-state index in [0.717, 1.165) is 17.6 Å². The van der Waals surface area contributed by atoms with Gasteiger partial charge in [0.1, 0.15) is 6.71 Å². The summed E-state index contributed by atoms with van der Waals surface area (Å²) in [7, 11) is 0. The zero-order valence-electron chi connectivity index (χ0n) is 9.92. The smallest absolute Gasteiger partial charge is 0.0623 e. The van der Waals surface area contributed by atoms with Crippen LogP contribution in [0.2, 0.25) is 17.5 Å². The third-order valence-corrected chi connectivity index (χ3v) is 6.00. The largest absolute Gasteiger partial charge is 0.149 e. The first-order valence-corrected chi connectivity index (χ1v) is 6.60. The highest BCUT2D eigenvalue weighted by molar-refractivity contribution is 6.68. The van der Waals surface area contributed by atoms with Crippen LogP contribution in [0, 0.1) is 11.3 Å². The van der Waals surface area contributed by atoms with Gasteiger partial charge in [-0.15, -0.1) is 0 Å². The molecule has 0 radical (unpaired) electrons. The molecule has 0 N–H and O–H groups in total. The lowest BCUT2D eigenvalue weighted by Gasteiger charge is -2.53. The molecule has 4 unspecified atom stereocenters. The Morgan fingerprint density at radius 3 is 2.43 bits per heavy atom. The highest BCUT2D eigenvalue weighted by Crippen LogP contribution is 2.67. The molecule has 0 amide bonds. The summed E-state index contributed by atoms with van der Waals surface area (Å²) in [6, 6.07) is 0. The molecular weight excluding hydrogens is 167 g/mol. The van der Waals surface area contributed by atoms with Gasteiger partial charge >= 0.3 is 0 Å². The third-order valence-electron chi connectivity index (χ3n) is 6.00. The minimum Gasteiger partial charge on any atom is -0.0623 e. The quantitative estimate of drug-likeness (QED) is 0.542. The van der Waals surface area contributed by atoms with Crippen molar-refractivity contribution < 1.29 is 0 Å². The van der Waals surface area contributed by atoms with E-state index in [0.29, 0.717) is 5.41 Å². The van der Waals surface area contributed by atoms with Crippen LogP contribution >= 0.6 is 0 Å². The fraction of sp³-hybridized carbons (Fsp3) is 1.00. The van der Waals surface area contributed by atoms with Gasteiger partial charge < -0.3 is 0 Å². The average Bonchev–Trinajstić information content (AvgIpc) is 2.41. The first kappa shape index (κ1) is 9.30. The van der Waals surface area contributed by atoms with Crippen molar-refractivity contribution in [2.75, 3.05) is 0 Å². The first-order valence-electron chi connectivity index (χ1n) is 6.60. The maximum absolute atomic E-state index is 2.56. The van der Waals surface area contributed by atoms with Crippen LogP contribution in [-0.4, -0.2) is 6.71 Å². The Kier molecular flexibility index (Phi) is 1.86. The minimum absolute atomic E-state index is 0.682. The Morgan fingerprint density at radius 2 is 1.71 bits per heavy atom. The number of hydrogen-bond donors (Lipinski definition) is 0. The highest BCUT2D eigenvalue weighted by atomic mass is 14.5. The van der Waals surface area contributed by atoms with E-state index in [9.17, 15) is 0 Å². The number of rotatable bonds is 1. The summed E-state index contributed by atoms with van der Waals surface area (Å²) < 4.78 is 0. The van der Waals surface area contributed by atoms with Crippen LogP contribution in [-0.2, 0) is 0 Å². The maximum atomic E-state index is 2.56. The standard InChI is InChI=1S/C13H23B/c1-9(2)13(3)7-11-5-4-10-6-12(8-13)14(10)11/h9-12H,4-8H2,1-3H3. The SMILES string of the molecule is CC(C)C1(C)CC2CCC3CC(C1)B32. The molecule has 0 bridgehead atoms. The van der Waals surface area contributed by atoms with E-state index >= 15 is 0 Å². The van der Waals surface area contributed by atoms with Crippen molar-refractivity contribution in [1.29, 1.82) is 0 Å². The predicted molar refractivity (Wildman–Crippen MR) is 63.0 cm³/mol. The average molecular weight is 190 g/mol. The van der Waals surface area contributed by atoms with Crippen LogP contribution in [0.4, 0.5) is 0 Å². The van der Waals surface area contributed by atoms with E-state index < -0.39 is 0 Å². The molecule has 3 aliphatic rings. The van der Waals surface area contributed by atoms with Crippen LogP contribution in [0.15, 0.2) is 0 Å². The van der Waals surface area contributed by atoms with Crippen molar-refractivity contribution in [1.82, 2.24) is 0 Å². The zero-order chi connectivity index (χ0) is 9.92. The second kappa shape index (κ2) is 2.80. The van der Waals surface area contributed by atoms with Crippen molar-refractivity contribution in [2.24, 2.45) is 11.3 Å². The second-order valence-electron chi connectivity index (χ2n) is 6.89. The molecule has 1 heteroatoms. The van der Waals surface area contributed by atoms with Gasteiger partial charge in [0.15, 0.2) is 0 Å². The molecule has 0 aromatic carbocycles. The van der Waals surface area contributed by atoms with E-state index in [1.54, 1.807) is 32.1 Å². The van der Waals surface area contributed by atoms with E-state index in [2.05, 4.69) is 20.8 Å². The van der Waals surface area contributed by atoms with Crippen molar-refractivity contribution in [3.05, 3.63) is 0 Å². The molecule has 0 aromatic rings. The lowest BCUT2D eigenvalue weighted by atomic mass is 9.17. The monoisotopic (exact) mass is 190 g/mol. The Balaban J connectivity index is 1.82. The van der Waals surface area contributed by atoms with Crippen LogP contribution < -0.4 is 0 Å². The lowest BCUT2D eigenvalue weighted by Crippen LogP contribution is -2.47. The summed E-state index contributed by atoms with van der Waals surface area (Å²) in [5, 5.41) is 0. The van der Waals surface area contributed by atoms with Gasteiger partial charge in [0.2, 0.25) is 0 Å². The molecule has 0 spiro atoms. The van der Waals surface area contributed by atoms with Crippen molar-refractivity contribution >= 4 is 6.71 Å². The van der Waals surface area contributed by atoms with Crippen molar-refractivity contribution in [2.45, 2.75) is 70.3 Å². The van der Waals surface area contributed by atoms with Crippen LogP contribution in [0.1, 0.15) is 52.9 Å². The fourth-order valence-electron chi connectivity index (χ4n) is 4.80. The summed E-state index contributed by atoms with van der Waals surface area (Å²) >= 11 is 0. The molecule has 3 fully saturated rings. The van der Waals surface area contributed by atoms with Crippen molar-refractivity contribution in [3.63, 3.8) is 0 Å². The highest BCUT2D eigenvalue weighted by Gasteiger charge is 2.57. The Morgan fingerprint density at radius 1 is 1.07 bits per heavy atom. The van der Waals surface area contributed by atoms with Gasteiger partial charge in [0.05, 0.1) is 0 Å². The molecule has 4 atom stereocenters. The summed E-state index contributed by atoms with van der Waals surface area (Å²) in [5.74, 6) is 4.32. The Bertz CT molecular complexity index is 248. The Labute approximate surface area is 88.9 Å². The van der Waals surface area contributed by atoms with E-state index in [-0.39, 0.29) is 0 Å². The lowest BCUT2D eigenvalue weighted by molar-refractivity contribution is 0.152. The predicted octanol–water partition coefficient (Wildman–Crippen LogP) is 4.25. The molecule has 3 heterocycles. The molecule has 0 nitrogen and oxygen atoms in total. The molecule has 3 rings (SSSR count). The molecule has 78 valence electrons. The normalized spacial score (nSPS) is 50.6. The van der Waals surface area contributed by atoms with Gasteiger partial charge in [-0.25, -0.2) is 0 Å². The Hall–Kier alpha value is 0.0649. The summed E-state index contributed by atoms with van der Waals surface area (Å²) in [6.45, 7) is 8.61. The molecule has 3 aliphatic heterocycles.